The van der Waals surface area contributed by atoms with Crippen molar-refractivity contribution in [3.05, 3.63) is 46.1 Å². The van der Waals surface area contributed by atoms with Crippen molar-refractivity contribution in [2.45, 2.75) is 26.8 Å². The van der Waals surface area contributed by atoms with E-state index in [2.05, 4.69) is 15.0 Å². The lowest BCUT2D eigenvalue weighted by atomic mass is 10.2. The van der Waals surface area contributed by atoms with Crippen LogP contribution >= 0.6 is 0 Å². The summed E-state index contributed by atoms with van der Waals surface area (Å²) in [5.74, 6) is -0.293. The third-order valence-electron chi connectivity index (χ3n) is 2.95. The number of para-hydroxylation sites is 1. The summed E-state index contributed by atoms with van der Waals surface area (Å²) in [6.07, 6.45) is -4.76. The van der Waals surface area contributed by atoms with Gasteiger partial charge in [-0.05, 0) is 25.1 Å². The third-order valence-corrected chi connectivity index (χ3v) is 2.95. The number of nitroso groups, excluding NO2 is 1. The predicted octanol–water partition coefficient (Wildman–Crippen LogP) is 3.84. The minimum atomic E-state index is -4.76. The Bertz CT molecular complexity index is 665. The number of hydrogen-bond donors (Lipinski definition) is 0. The van der Waals surface area contributed by atoms with Crippen molar-refractivity contribution in [3.8, 4) is 5.75 Å². The highest BCUT2D eigenvalue weighted by molar-refractivity contribution is 5.46. The van der Waals surface area contributed by atoms with Crippen LogP contribution < -0.4 is 4.74 Å². The van der Waals surface area contributed by atoms with Crippen molar-refractivity contribution in [2.24, 2.45) is 5.18 Å². The molecule has 8 heteroatoms. The monoisotopic (exact) mass is 299 g/mol. The predicted molar refractivity (Wildman–Crippen MR) is 69.4 cm³/mol. The van der Waals surface area contributed by atoms with Gasteiger partial charge in [-0.1, -0.05) is 18.2 Å². The van der Waals surface area contributed by atoms with E-state index in [1.54, 1.807) is 19.9 Å². The van der Waals surface area contributed by atoms with Gasteiger partial charge < -0.3 is 4.74 Å². The van der Waals surface area contributed by atoms with Crippen molar-refractivity contribution in [1.29, 1.82) is 0 Å². The number of ether oxygens (including phenoxy) is 1. The molecule has 2 rings (SSSR count). The van der Waals surface area contributed by atoms with Crippen molar-refractivity contribution in [3.63, 3.8) is 0 Å². The third kappa shape index (κ3) is 3.39. The number of benzene rings is 1. The fourth-order valence-electron chi connectivity index (χ4n) is 1.99. The molecule has 0 spiro atoms. The minimum absolute atomic E-state index is 0.0500. The van der Waals surface area contributed by atoms with E-state index in [0.717, 1.165) is 0 Å². The van der Waals surface area contributed by atoms with Crippen LogP contribution in [0.4, 0.5) is 18.9 Å². The maximum absolute atomic E-state index is 12.4. The maximum atomic E-state index is 12.4. The molecule has 5 nitrogen and oxygen atoms in total. The summed E-state index contributed by atoms with van der Waals surface area (Å²) in [6, 6.07) is 5.78. The van der Waals surface area contributed by atoms with Crippen LogP contribution in [0, 0.1) is 18.8 Å². The molecule has 2 aromatic rings. The molecule has 1 aromatic heterocycles. The Morgan fingerprint density at radius 1 is 1.29 bits per heavy atom. The Morgan fingerprint density at radius 2 is 1.95 bits per heavy atom. The molecule has 0 N–H and O–H groups in total. The van der Waals surface area contributed by atoms with E-state index in [9.17, 15) is 18.1 Å². The molecule has 0 bridgehead atoms. The molecule has 1 heterocycles. The van der Waals surface area contributed by atoms with E-state index >= 15 is 0 Å². The molecule has 0 atom stereocenters. The zero-order valence-electron chi connectivity index (χ0n) is 11.3. The van der Waals surface area contributed by atoms with Gasteiger partial charge >= 0.3 is 6.36 Å². The first-order valence-corrected chi connectivity index (χ1v) is 6.03. The van der Waals surface area contributed by atoms with Gasteiger partial charge in [-0.2, -0.15) is 5.10 Å². The van der Waals surface area contributed by atoms with Crippen LogP contribution in [0.1, 0.15) is 17.0 Å². The van der Waals surface area contributed by atoms with Crippen LogP contribution in [-0.4, -0.2) is 16.1 Å². The lowest BCUT2D eigenvalue weighted by Gasteiger charge is -2.13. The number of alkyl halides is 3. The number of hydrogen-bond acceptors (Lipinski definition) is 4. The summed E-state index contributed by atoms with van der Waals surface area (Å²) in [7, 11) is 0. The molecule has 0 radical (unpaired) electrons. The largest absolute Gasteiger partial charge is 0.573 e. The Kier molecular flexibility index (Phi) is 3.97. The number of aryl methyl sites for hydroxylation is 1. The molecule has 0 aliphatic heterocycles. The molecule has 0 saturated heterocycles. The number of rotatable bonds is 4. The molecule has 0 unspecified atom stereocenters. The number of aromatic nitrogens is 2. The first-order chi connectivity index (χ1) is 9.81. The summed E-state index contributed by atoms with van der Waals surface area (Å²) in [6.45, 7) is 3.29. The highest BCUT2D eigenvalue weighted by Crippen LogP contribution is 2.28. The smallest absolute Gasteiger partial charge is 0.405 e. The lowest BCUT2D eigenvalue weighted by Crippen LogP contribution is -2.18. The minimum Gasteiger partial charge on any atom is -0.405 e. The molecule has 0 saturated carbocycles. The zero-order chi connectivity index (χ0) is 15.6. The molecule has 112 valence electrons. The van der Waals surface area contributed by atoms with Gasteiger partial charge in [-0.15, -0.1) is 18.1 Å². The summed E-state index contributed by atoms with van der Waals surface area (Å²) in [5, 5.41) is 6.97. The molecule has 0 fully saturated rings. The van der Waals surface area contributed by atoms with Gasteiger partial charge in [0.05, 0.1) is 17.9 Å². The van der Waals surface area contributed by atoms with Crippen LogP contribution in [0.5, 0.6) is 5.75 Å². The molecular formula is C13H12F3N3O2. The second-order valence-corrected chi connectivity index (χ2v) is 4.42. The van der Waals surface area contributed by atoms with E-state index in [1.807, 2.05) is 0 Å². The van der Waals surface area contributed by atoms with Crippen molar-refractivity contribution >= 4 is 5.69 Å². The standard InChI is InChI=1S/C13H12F3N3O2/c1-8-12(18-20)9(2)19(17-8)7-10-5-3-4-6-11(10)21-13(14,15)16/h3-6H,7H2,1-2H3. The summed E-state index contributed by atoms with van der Waals surface area (Å²) in [4.78, 5) is 10.7. The van der Waals surface area contributed by atoms with Gasteiger partial charge in [0.1, 0.15) is 5.75 Å². The van der Waals surface area contributed by atoms with E-state index in [4.69, 9.17) is 0 Å². The molecule has 0 aliphatic rings. The second-order valence-electron chi connectivity index (χ2n) is 4.42. The fraction of sp³-hybridized carbons (Fsp3) is 0.308. The van der Waals surface area contributed by atoms with E-state index in [-0.39, 0.29) is 18.0 Å². The van der Waals surface area contributed by atoms with Gasteiger partial charge in [0.15, 0.2) is 5.69 Å². The van der Waals surface area contributed by atoms with Gasteiger partial charge in [0.25, 0.3) is 0 Å². The van der Waals surface area contributed by atoms with Crippen molar-refractivity contribution in [2.75, 3.05) is 0 Å². The van der Waals surface area contributed by atoms with Crippen molar-refractivity contribution in [1.82, 2.24) is 9.78 Å². The molecule has 0 aliphatic carbocycles. The Balaban J connectivity index is 2.34. The number of nitrogens with zero attached hydrogens (tertiary/aromatic N) is 3. The maximum Gasteiger partial charge on any atom is 0.573 e. The Morgan fingerprint density at radius 3 is 2.52 bits per heavy atom. The summed E-state index contributed by atoms with van der Waals surface area (Å²) < 4.78 is 42.5. The highest BCUT2D eigenvalue weighted by Gasteiger charge is 2.32. The second kappa shape index (κ2) is 5.55. The van der Waals surface area contributed by atoms with Crippen LogP contribution in [0.25, 0.3) is 0 Å². The SMILES string of the molecule is Cc1nn(Cc2ccccc2OC(F)(F)F)c(C)c1N=O. The van der Waals surface area contributed by atoms with Gasteiger partial charge in [-0.3, -0.25) is 4.68 Å². The topological polar surface area (TPSA) is 56.5 Å². The lowest BCUT2D eigenvalue weighted by molar-refractivity contribution is -0.274. The van der Waals surface area contributed by atoms with Gasteiger partial charge in [0.2, 0.25) is 0 Å². The first-order valence-electron chi connectivity index (χ1n) is 6.03. The van der Waals surface area contributed by atoms with Crippen LogP contribution in [-0.2, 0) is 6.54 Å². The summed E-state index contributed by atoms with van der Waals surface area (Å²) in [5.41, 5.74) is 1.42. The highest BCUT2D eigenvalue weighted by atomic mass is 19.4. The average Bonchev–Trinajstić information content (AvgIpc) is 2.65. The zero-order valence-corrected chi connectivity index (χ0v) is 11.3. The normalized spacial score (nSPS) is 11.5. The van der Waals surface area contributed by atoms with Crippen molar-refractivity contribution < 1.29 is 17.9 Å². The fourth-order valence-corrected chi connectivity index (χ4v) is 1.99. The quantitative estimate of drug-likeness (QED) is 0.806. The Hall–Kier alpha value is -2.38. The molecular weight excluding hydrogens is 287 g/mol. The van der Waals surface area contributed by atoms with Crippen LogP contribution in [0.15, 0.2) is 29.4 Å². The van der Waals surface area contributed by atoms with Gasteiger partial charge in [0, 0.05) is 5.56 Å². The van der Waals surface area contributed by atoms with Gasteiger partial charge in [-0.25, -0.2) is 0 Å². The molecule has 21 heavy (non-hydrogen) atoms. The Labute approximate surface area is 118 Å². The molecule has 0 amide bonds. The van der Waals surface area contributed by atoms with E-state index in [0.29, 0.717) is 17.0 Å². The summed E-state index contributed by atoms with van der Waals surface area (Å²) >= 11 is 0. The molecule has 1 aromatic carbocycles. The number of halogens is 3. The average molecular weight is 299 g/mol. The first kappa shape index (κ1) is 15.0. The van der Waals surface area contributed by atoms with E-state index < -0.39 is 6.36 Å². The van der Waals surface area contributed by atoms with Crippen LogP contribution in [0.3, 0.4) is 0 Å². The van der Waals surface area contributed by atoms with Crippen LogP contribution in [0.2, 0.25) is 0 Å². The van der Waals surface area contributed by atoms with E-state index in [1.165, 1.54) is 22.9 Å².